The maximum atomic E-state index is 11.5. The van der Waals surface area contributed by atoms with Crippen molar-refractivity contribution in [2.24, 2.45) is 5.73 Å². The van der Waals surface area contributed by atoms with Gasteiger partial charge in [-0.3, -0.25) is 4.79 Å². The molecule has 2 N–H and O–H groups in total. The molecule has 0 bridgehead atoms. The average Bonchev–Trinajstić information content (AvgIpc) is 3.15. The quantitative estimate of drug-likeness (QED) is 0.597. The third-order valence-electron chi connectivity index (χ3n) is 3.09. The summed E-state index contributed by atoms with van der Waals surface area (Å²) < 4.78 is 2.17. The Morgan fingerprint density at radius 3 is 2.79 bits per heavy atom. The first-order valence-electron chi connectivity index (χ1n) is 6.60. The molecule has 0 atom stereocenters. The second-order valence-corrected chi connectivity index (χ2v) is 6.01. The lowest BCUT2D eigenvalue weighted by Crippen LogP contribution is -2.21. The molecule has 7 heteroatoms. The number of hydrogen-bond donors (Lipinski definition) is 1. The smallest absolute Gasteiger partial charge is 0.222 e. The van der Waals surface area contributed by atoms with Crippen molar-refractivity contribution in [2.45, 2.75) is 43.4 Å². The number of rotatable bonds is 7. The van der Waals surface area contributed by atoms with E-state index in [0.717, 1.165) is 23.2 Å². The number of nitrogens with two attached hydrogens (primary N) is 1. The standard InChI is InChI=1S/C12H21N5OS/c1-16(2)11(18)4-3-7-19-12-15-14-10(8-13)17(12)9-5-6-9/h9H,3-8,13H2,1-2H3. The molecule has 19 heavy (non-hydrogen) atoms. The van der Waals surface area contributed by atoms with Gasteiger partial charge >= 0.3 is 0 Å². The van der Waals surface area contributed by atoms with Crippen molar-refractivity contribution >= 4 is 17.7 Å². The molecular formula is C12H21N5OS. The van der Waals surface area contributed by atoms with Crippen LogP contribution in [-0.2, 0) is 11.3 Å². The summed E-state index contributed by atoms with van der Waals surface area (Å²) >= 11 is 1.67. The van der Waals surface area contributed by atoms with Gasteiger partial charge in [-0.05, 0) is 19.3 Å². The second-order valence-electron chi connectivity index (χ2n) is 4.94. The molecule has 0 aromatic carbocycles. The van der Waals surface area contributed by atoms with Crippen molar-refractivity contribution in [2.75, 3.05) is 19.8 Å². The van der Waals surface area contributed by atoms with E-state index in [-0.39, 0.29) is 5.91 Å². The first-order chi connectivity index (χ1) is 9.13. The molecule has 0 unspecified atom stereocenters. The van der Waals surface area contributed by atoms with Crippen LogP contribution in [-0.4, -0.2) is 45.4 Å². The van der Waals surface area contributed by atoms with E-state index in [9.17, 15) is 4.79 Å². The molecule has 1 aliphatic carbocycles. The molecule has 1 aromatic heterocycles. The molecule has 0 aliphatic heterocycles. The fraction of sp³-hybridized carbons (Fsp3) is 0.750. The highest BCUT2D eigenvalue weighted by atomic mass is 32.2. The summed E-state index contributed by atoms with van der Waals surface area (Å²) in [7, 11) is 3.57. The Morgan fingerprint density at radius 1 is 1.47 bits per heavy atom. The molecule has 0 spiro atoms. The number of amides is 1. The zero-order chi connectivity index (χ0) is 13.8. The number of hydrogen-bond acceptors (Lipinski definition) is 5. The van der Waals surface area contributed by atoms with Crippen LogP contribution in [0.1, 0.15) is 37.5 Å². The van der Waals surface area contributed by atoms with E-state index in [4.69, 9.17) is 5.73 Å². The Balaban J connectivity index is 1.83. The molecule has 1 aliphatic rings. The van der Waals surface area contributed by atoms with Crippen molar-refractivity contribution in [1.29, 1.82) is 0 Å². The average molecular weight is 283 g/mol. The minimum absolute atomic E-state index is 0.173. The lowest BCUT2D eigenvalue weighted by Gasteiger charge is -2.10. The first kappa shape index (κ1) is 14.3. The minimum atomic E-state index is 0.173. The van der Waals surface area contributed by atoms with Crippen LogP contribution in [0, 0.1) is 0 Å². The van der Waals surface area contributed by atoms with Crippen LogP contribution >= 0.6 is 11.8 Å². The van der Waals surface area contributed by atoms with Gasteiger partial charge in [0.2, 0.25) is 5.91 Å². The summed E-state index contributed by atoms with van der Waals surface area (Å²) in [6.45, 7) is 0.434. The summed E-state index contributed by atoms with van der Waals surface area (Å²) in [5, 5.41) is 9.28. The van der Waals surface area contributed by atoms with Crippen molar-refractivity contribution < 1.29 is 4.79 Å². The third-order valence-corrected chi connectivity index (χ3v) is 4.12. The molecule has 1 amide bonds. The Bertz CT molecular complexity index is 441. The van der Waals surface area contributed by atoms with E-state index >= 15 is 0 Å². The summed E-state index contributed by atoms with van der Waals surface area (Å²) in [5.74, 6) is 1.93. The van der Waals surface area contributed by atoms with Crippen molar-refractivity contribution in [3.05, 3.63) is 5.82 Å². The number of aromatic nitrogens is 3. The van der Waals surface area contributed by atoms with E-state index in [1.807, 2.05) is 0 Å². The maximum Gasteiger partial charge on any atom is 0.222 e. The zero-order valence-corrected chi connectivity index (χ0v) is 12.3. The molecule has 2 rings (SSSR count). The Morgan fingerprint density at radius 2 is 2.21 bits per heavy atom. The lowest BCUT2D eigenvalue weighted by molar-refractivity contribution is -0.128. The van der Waals surface area contributed by atoms with Gasteiger partial charge < -0.3 is 15.2 Å². The molecule has 1 heterocycles. The van der Waals surface area contributed by atoms with E-state index in [1.165, 1.54) is 12.8 Å². The highest BCUT2D eigenvalue weighted by Crippen LogP contribution is 2.38. The largest absolute Gasteiger partial charge is 0.349 e. The van der Waals surface area contributed by atoms with Gasteiger partial charge in [0.05, 0.1) is 6.54 Å². The summed E-state index contributed by atoms with van der Waals surface area (Å²) in [6.07, 6.45) is 3.83. The molecule has 1 fully saturated rings. The van der Waals surface area contributed by atoms with E-state index in [0.29, 0.717) is 19.0 Å². The topological polar surface area (TPSA) is 77.0 Å². The maximum absolute atomic E-state index is 11.5. The predicted molar refractivity (Wildman–Crippen MR) is 74.8 cm³/mol. The zero-order valence-electron chi connectivity index (χ0n) is 11.5. The van der Waals surface area contributed by atoms with Gasteiger partial charge in [0.15, 0.2) is 5.16 Å². The fourth-order valence-corrected chi connectivity index (χ4v) is 2.82. The second kappa shape index (κ2) is 6.38. The Kier molecular flexibility index (Phi) is 4.81. The molecule has 1 saturated carbocycles. The van der Waals surface area contributed by atoms with Crippen LogP contribution in [0.4, 0.5) is 0 Å². The normalized spacial score (nSPS) is 14.7. The Labute approximate surface area is 117 Å². The molecule has 106 valence electrons. The summed E-state index contributed by atoms with van der Waals surface area (Å²) in [4.78, 5) is 13.1. The number of thioether (sulfide) groups is 1. The number of carbonyl (C=O) groups is 1. The van der Waals surface area contributed by atoms with Gasteiger partial charge in [-0.1, -0.05) is 11.8 Å². The minimum Gasteiger partial charge on any atom is -0.349 e. The van der Waals surface area contributed by atoms with Crippen molar-refractivity contribution in [3.63, 3.8) is 0 Å². The summed E-state index contributed by atoms with van der Waals surface area (Å²) in [5.41, 5.74) is 5.67. The fourth-order valence-electron chi connectivity index (χ4n) is 1.85. The van der Waals surface area contributed by atoms with Crippen LogP contribution in [0.25, 0.3) is 0 Å². The number of carbonyl (C=O) groups excluding carboxylic acids is 1. The van der Waals surface area contributed by atoms with Gasteiger partial charge in [0.1, 0.15) is 5.82 Å². The molecular weight excluding hydrogens is 262 g/mol. The molecule has 6 nitrogen and oxygen atoms in total. The van der Waals surface area contributed by atoms with E-state index < -0.39 is 0 Å². The van der Waals surface area contributed by atoms with E-state index in [2.05, 4.69) is 14.8 Å². The van der Waals surface area contributed by atoms with Crippen LogP contribution in [0.15, 0.2) is 5.16 Å². The predicted octanol–water partition coefficient (Wildman–Crippen LogP) is 1.03. The Hall–Kier alpha value is -1.08. The van der Waals surface area contributed by atoms with Crippen LogP contribution in [0.5, 0.6) is 0 Å². The highest BCUT2D eigenvalue weighted by molar-refractivity contribution is 7.99. The SMILES string of the molecule is CN(C)C(=O)CCCSc1nnc(CN)n1C1CC1. The first-order valence-corrected chi connectivity index (χ1v) is 7.59. The van der Waals surface area contributed by atoms with Crippen LogP contribution in [0.2, 0.25) is 0 Å². The molecule has 0 radical (unpaired) electrons. The third kappa shape index (κ3) is 3.70. The monoisotopic (exact) mass is 283 g/mol. The molecule has 0 saturated heterocycles. The summed E-state index contributed by atoms with van der Waals surface area (Å²) in [6, 6.07) is 0.541. The van der Waals surface area contributed by atoms with Crippen molar-refractivity contribution in [3.8, 4) is 0 Å². The molecule has 1 aromatic rings. The lowest BCUT2D eigenvalue weighted by atomic mass is 10.3. The van der Waals surface area contributed by atoms with Gasteiger partial charge in [0, 0.05) is 32.3 Å². The highest BCUT2D eigenvalue weighted by Gasteiger charge is 2.29. The van der Waals surface area contributed by atoms with Crippen LogP contribution in [0.3, 0.4) is 0 Å². The van der Waals surface area contributed by atoms with Crippen LogP contribution < -0.4 is 5.73 Å². The van der Waals surface area contributed by atoms with Crippen molar-refractivity contribution in [1.82, 2.24) is 19.7 Å². The van der Waals surface area contributed by atoms with Gasteiger partial charge in [-0.15, -0.1) is 10.2 Å². The van der Waals surface area contributed by atoms with Gasteiger partial charge in [0.25, 0.3) is 0 Å². The van der Waals surface area contributed by atoms with E-state index in [1.54, 1.807) is 30.8 Å². The van der Waals surface area contributed by atoms with Gasteiger partial charge in [-0.25, -0.2) is 0 Å². The number of nitrogens with zero attached hydrogens (tertiary/aromatic N) is 4. The van der Waals surface area contributed by atoms with Gasteiger partial charge in [-0.2, -0.15) is 0 Å².